The molecule has 0 fully saturated rings. The number of anilines is 1. The fourth-order valence-corrected chi connectivity index (χ4v) is 4.18. The fraction of sp³-hybridized carbons (Fsp3) is 0.0500. The summed E-state index contributed by atoms with van der Waals surface area (Å²) in [6.07, 6.45) is 2.32. The molecule has 0 radical (unpaired) electrons. The van der Waals surface area contributed by atoms with Gasteiger partial charge in [0.2, 0.25) is 5.82 Å². The van der Waals surface area contributed by atoms with Gasteiger partial charge in [-0.1, -0.05) is 35.0 Å². The highest BCUT2D eigenvalue weighted by Gasteiger charge is 2.22. The van der Waals surface area contributed by atoms with Crippen LogP contribution in [-0.4, -0.2) is 31.5 Å². The summed E-state index contributed by atoms with van der Waals surface area (Å²) >= 11 is 11.7. The van der Waals surface area contributed by atoms with Gasteiger partial charge in [0.25, 0.3) is 10.0 Å². The number of ether oxygens (including phenoxy) is 1. The van der Waals surface area contributed by atoms with E-state index in [1.165, 1.54) is 12.1 Å². The first-order valence-corrected chi connectivity index (χ1v) is 10.7. The predicted octanol–water partition coefficient (Wildman–Crippen LogP) is 4.05. The minimum absolute atomic E-state index is 0.0985. The number of nitrogens with zero attached hydrogens (tertiary/aromatic N) is 2. The van der Waals surface area contributed by atoms with Crippen LogP contribution in [0.3, 0.4) is 0 Å². The van der Waals surface area contributed by atoms with Crippen molar-refractivity contribution in [2.24, 2.45) is 0 Å². The second kappa shape index (κ2) is 9.48. The molecule has 0 spiro atoms. The van der Waals surface area contributed by atoms with Gasteiger partial charge in [0, 0.05) is 17.4 Å². The molecule has 2 aromatic carbocycles. The highest BCUT2D eigenvalue weighted by atomic mass is 35.5. The quantitative estimate of drug-likeness (QED) is 0.431. The van der Waals surface area contributed by atoms with E-state index in [0.717, 1.165) is 37.7 Å². The molecule has 12 heteroatoms. The predicted molar refractivity (Wildman–Crippen MR) is 113 cm³/mol. The molecule has 1 N–H and O–H groups in total. The number of rotatable bonds is 4. The summed E-state index contributed by atoms with van der Waals surface area (Å²) in [5, 5.41) is -0.0406. The summed E-state index contributed by atoms with van der Waals surface area (Å²) in [5.41, 5.74) is -1.10. The van der Waals surface area contributed by atoms with E-state index >= 15 is 0 Å². The third-order valence-electron chi connectivity index (χ3n) is 3.87. The summed E-state index contributed by atoms with van der Waals surface area (Å²) < 4.78 is 60.7. The highest BCUT2D eigenvalue weighted by molar-refractivity contribution is 7.92. The lowest BCUT2D eigenvalue weighted by atomic mass is 10.1. The van der Waals surface area contributed by atoms with Crippen molar-refractivity contribution >= 4 is 44.9 Å². The SMILES string of the molecule is COC(=O)c1ncc(C#Cc2c(F)ccc(NS(=O)(=O)c3cc(Cl)ccc3Cl)c2F)cn1. The smallest absolute Gasteiger partial charge is 0.376 e. The van der Waals surface area contributed by atoms with Crippen molar-refractivity contribution in [3.05, 3.63) is 81.4 Å². The zero-order valence-corrected chi connectivity index (χ0v) is 18.3. The number of benzene rings is 2. The molecule has 0 saturated heterocycles. The molecule has 164 valence electrons. The number of halogens is 4. The van der Waals surface area contributed by atoms with Crippen LogP contribution in [0.2, 0.25) is 10.0 Å². The number of hydrogen-bond acceptors (Lipinski definition) is 6. The Kier molecular flexibility index (Phi) is 6.93. The minimum atomic E-state index is -4.34. The number of nitrogens with one attached hydrogen (secondary N) is 1. The van der Waals surface area contributed by atoms with Gasteiger partial charge in [0.1, 0.15) is 10.7 Å². The topological polar surface area (TPSA) is 98.2 Å². The Labute approximate surface area is 191 Å². The Balaban J connectivity index is 1.94. The van der Waals surface area contributed by atoms with Crippen molar-refractivity contribution in [3.8, 4) is 11.8 Å². The van der Waals surface area contributed by atoms with Gasteiger partial charge in [-0.3, -0.25) is 4.72 Å². The van der Waals surface area contributed by atoms with E-state index in [4.69, 9.17) is 23.2 Å². The molecule has 3 rings (SSSR count). The average Bonchev–Trinajstić information content (AvgIpc) is 2.77. The number of methoxy groups -OCH3 is 1. The summed E-state index contributed by atoms with van der Waals surface area (Å²) in [6.45, 7) is 0. The van der Waals surface area contributed by atoms with Crippen LogP contribution in [0, 0.1) is 23.5 Å². The van der Waals surface area contributed by atoms with Gasteiger partial charge in [0.05, 0.1) is 28.9 Å². The number of esters is 1. The van der Waals surface area contributed by atoms with Gasteiger partial charge in [-0.25, -0.2) is 32.0 Å². The van der Waals surface area contributed by atoms with Crippen LogP contribution in [0.1, 0.15) is 21.7 Å². The Morgan fingerprint density at radius 1 is 1.09 bits per heavy atom. The summed E-state index contributed by atoms with van der Waals surface area (Å²) in [4.78, 5) is 18.4. The van der Waals surface area contributed by atoms with Gasteiger partial charge in [-0.05, 0) is 30.3 Å². The molecule has 0 aliphatic rings. The number of carbonyl (C=O) groups excluding carboxylic acids is 1. The number of aromatic nitrogens is 2. The summed E-state index contributed by atoms with van der Waals surface area (Å²) in [6, 6.07) is 5.49. The molecule has 0 atom stereocenters. The van der Waals surface area contributed by atoms with E-state index in [0.29, 0.717) is 0 Å². The van der Waals surface area contributed by atoms with Crippen molar-refractivity contribution in [2.75, 3.05) is 11.8 Å². The Morgan fingerprint density at radius 2 is 1.78 bits per heavy atom. The van der Waals surface area contributed by atoms with E-state index in [2.05, 4.69) is 26.5 Å². The number of hydrogen-bond donors (Lipinski definition) is 1. The van der Waals surface area contributed by atoms with E-state index in [1.807, 2.05) is 4.72 Å². The third-order valence-corrected chi connectivity index (χ3v) is 5.95. The van der Waals surface area contributed by atoms with Crippen molar-refractivity contribution in [1.29, 1.82) is 0 Å². The highest BCUT2D eigenvalue weighted by Crippen LogP contribution is 2.28. The molecule has 7 nitrogen and oxygen atoms in total. The van der Waals surface area contributed by atoms with E-state index in [-0.39, 0.29) is 26.3 Å². The molecule has 1 heterocycles. The zero-order chi connectivity index (χ0) is 23.5. The lowest BCUT2D eigenvalue weighted by molar-refractivity contribution is 0.0586. The first kappa shape index (κ1) is 23.4. The van der Waals surface area contributed by atoms with Gasteiger partial charge < -0.3 is 4.74 Å². The molecule has 0 saturated carbocycles. The number of sulfonamides is 1. The third kappa shape index (κ3) is 5.13. The van der Waals surface area contributed by atoms with Crippen molar-refractivity contribution in [3.63, 3.8) is 0 Å². The molecule has 32 heavy (non-hydrogen) atoms. The van der Waals surface area contributed by atoms with Crippen LogP contribution < -0.4 is 4.72 Å². The van der Waals surface area contributed by atoms with Gasteiger partial charge in [-0.2, -0.15) is 0 Å². The first-order chi connectivity index (χ1) is 15.1. The molecule has 0 aliphatic carbocycles. The van der Waals surface area contributed by atoms with Crippen LogP contribution in [0.15, 0.2) is 47.6 Å². The van der Waals surface area contributed by atoms with Gasteiger partial charge in [-0.15, -0.1) is 0 Å². The zero-order valence-electron chi connectivity index (χ0n) is 16.0. The largest absolute Gasteiger partial charge is 0.463 e. The second-order valence-electron chi connectivity index (χ2n) is 6.00. The lowest BCUT2D eigenvalue weighted by Crippen LogP contribution is -2.15. The van der Waals surface area contributed by atoms with Crippen molar-refractivity contribution in [2.45, 2.75) is 4.90 Å². The van der Waals surface area contributed by atoms with Gasteiger partial charge in [0.15, 0.2) is 5.82 Å². The molecule has 0 unspecified atom stereocenters. The molecule has 1 aromatic heterocycles. The van der Waals surface area contributed by atoms with E-state index in [9.17, 15) is 22.0 Å². The fourth-order valence-electron chi connectivity index (χ4n) is 2.35. The lowest BCUT2D eigenvalue weighted by Gasteiger charge is -2.11. The van der Waals surface area contributed by atoms with Crippen LogP contribution in [0.4, 0.5) is 14.5 Å². The Hall–Kier alpha value is -3.26. The summed E-state index contributed by atoms with van der Waals surface area (Å²) in [5.74, 6) is 1.47. The standard InChI is InChI=1S/C20H11Cl2F2N3O4S/c1-31-20(28)19-25-9-11(10-26-19)2-4-13-15(23)6-7-16(18(13)24)27-32(29,30)17-8-12(21)3-5-14(17)22/h3,5-10,27H,1H3. The van der Waals surface area contributed by atoms with Crippen LogP contribution >= 0.6 is 23.2 Å². The Morgan fingerprint density at radius 3 is 2.44 bits per heavy atom. The van der Waals surface area contributed by atoms with Crippen LogP contribution in [0.5, 0.6) is 0 Å². The molecule has 0 amide bonds. The normalized spacial score (nSPS) is 10.8. The maximum absolute atomic E-state index is 14.9. The van der Waals surface area contributed by atoms with Crippen molar-refractivity contribution < 1.29 is 26.7 Å². The van der Waals surface area contributed by atoms with E-state index in [1.54, 1.807) is 0 Å². The maximum Gasteiger partial charge on any atom is 0.376 e. The summed E-state index contributed by atoms with van der Waals surface area (Å²) in [7, 11) is -3.18. The van der Waals surface area contributed by atoms with Crippen LogP contribution in [-0.2, 0) is 14.8 Å². The molecule has 3 aromatic rings. The molecular weight excluding hydrogens is 487 g/mol. The number of carbonyl (C=O) groups is 1. The van der Waals surface area contributed by atoms with Gasteiger partial charge >= 0.3 is 5.97 Å². The second-order valence-corrected chi connectivity index (χ2v) is 8.50. The molecule has 0 aliphatic heterocycles. The minimum Gasteiger partial charge on any atom is -0.463 e. The molecular formula is C20H11Cl2F2N3O4S. The molecule has 0 bridgehead atoms. The van der Waals surface area contributed by atoms with Crippen LogP contribution in [0.25, 0.3) is 0 Å². The van der Waals surface area contributed by atoms with E-state index < -0.39 is 38.9 Å². The monoisotopic (exact) mass is 497 g/mol. The first-order valence-electron chi connectivity index (χ1n) is 8.50. The van der Waals surface area contributed by atoms with Crippen molar-refractivity contribution in [1.82, 2.24) is 9.97 Å². The maximum atomic E-state index is 14.9. The average molecular weight is 498 g/mol. The Bertz CT molecular complexity index is 1370.